The van der Waals surface area contributed by atoms with Gasteiger partial charge in [-0.15, -0.1) is 12.4 Å². The van der Waals surface area contributed by atoms with Crippen molar-refractivity contribution < 1.29 is 9.53 Å². The van der Waals surface area contributed by atoms with Gasteiger partial charge in [-0.25, -0.2) is 4.79 Å². The summed E-state index contributed by atoms with van der Waals surface area (Å²) in [5.74, 6) is 0. The number of carbonyl (C=O) groups excluding carboxylic acids is 1. The van der Waals surface area contributed by atoms with Gasteiger partial charge < -0.3 is 4.74 Å². The van der Waals surface area contributed by atoms with Crippen LogP contribution in [0, 0.1) is 0 Å². The molecule has 0 aromatic heterocycles. The molecule has 0 aliphatic rings. The summed E-state index contributed by atoms with van der Waals surface area (Å²) < 4.78 is 4.55. The van der Waals surface area contributed by atoms with E-state index in [0.717, 1.165) is 5.56 Å². The van der Waals surface area contributed by atoms with E-state index < -0.39 is 5.43 Å². The van der Waals surface area contributed by atoms with Crippen molar-refractivity contribution in [1.29, 1.82) is 0 Å². The Bertz CT molecular complexity index is 236. The number of halogens is 2. The van der Waals surface area contributed by atoms with Gasteiger partial charge >= 0.3 is 5.43 Å². The maximum Gasteiger partial charge on any atom is 0.404 e. The number of benzene rings is 1. The van der Waals surface area contributed by atoms with Gasteiger partial charge in [0.25, 0.3) is 0 Å². The van der Waals surface area contributed by atoms with Gasteiger partial charge in [-0.05, 0) is 5.56 Å². The van der Waals surface area contributed by atoms with Gasteiger partial charge in [-0.1, -0.05) is 30.3 Å². The minimum atomic E-state index is -0.770. The molecule has 1 aromatic carbocycles. The van der Waals surface area contributed by atoms with Gasteiger partial charge in [0, 0.05) is 11.6 Å². The molecule has 2 nitrogen and oxygen atoms in total. The Morgan fingerprint density at radius 3 is 2.42 bits per heavy atom. The first-order chi connectivity index (χ1) is 5.29. The van der Waals surface area contributed by atoms with E-state index in [2.05, 4.69) is 4.74 Å². The summed E-state index contributed by atoms with van der Waals surface area (Å²) in [6.45, 7) is 0.239. The average Bonchev–Trinajstić information content (AvgIpc) is 2.03. The van der Waals surface area contributed by atoms with Crippen molar-refractivity contribution >= 4 is 29.4 Å². The molecule has 0 N–H and O–H groups in total. The number of rotatable bonds is 2. The van der Waals surface area contributed by atoms with Crippen LogP contribution in [-0.4, -0.2) is 5.43 Å². The smallest absolute Gasteiger partial charge is 0.404 e. The van der Waals surface area contributed by atoms with Gasteiger partial charge in [0.2, 0.25) is 0 Å². The van der Waals surface area contributed by atoms with Gasteiger partial charge in [0.1, 0.15) is 6.61 Å². The monoisotopic (exact) mass is 206 g/mol. The molecule has 0 saturated carbocycles. The highest BCUT2D eigenvalue weighted by Crippen LogP contribution is 2.01. The Kier molecular flexibility index (Phi) is 5.51. The predicted octanol–water partition coefficient (Wildman–Crippen LogP) is 2.98. The lowest BCUT2D eigenvalue weighted by Gasteiger charge is -1.98. The minimum absolute atomic E-state index is 0. The van der Waals surface area contributed by atoms with E-state index >= 15 is 0 Å². The zero-order valence-corrected chi connectivity index (χ0v) is 7.77. The van der Waals surface area contributed by atoms with E-state index in [1.807, 2.05) is 30.3 Å². The summed E-state index contributed by atoms with van der Waals surface area (Å²) in [5.41, 5.74) is 0.162. The Labute approximate surface area is 81.9 Å². The van der Waals surface area contributed by atoms with Crippen molar-refractivity contribution in [2.24, 2.45) is 0 Å². The molecule has 0 heterocycles. The first kappa shape index (κ1) is 11.3. The Morgan fingerprint density at radius 2 is 1.92 bits per heavy atom. The molecule has 12 heavy (non-hydrogen) atoms. The van der Waals surface area contributed by atoms with Crippen LogP contribution in [0.4, 0.5) is 4.79 Å². The Balaban J connectivity index is 0.00000121. The second-order valence-electron chi connectivity index (χ2n) is 2.01. The molecular formula is C8H8Cl2O2. The highest BCUT2D eigenvalue weighted by molar-refractivity contribution is 6.61. The molecule has 0 aliphatic heterocycles. The van der Waals surface area contributed by atoms with Crippen molar-refractivity contribution in [2.45, 2.75) is 6.61 Å². The highest BCUT2D eigenvalue weighted by atomic mass is 35.5. The summed E-state index contributed by atoms with van der Waals surface area (Å²) >= 11 is 4.97. The molecule has 1 aromatic rings. The van der Waals surface area contributed by atoms with Gasteiger partial charge in [-0.2, -0.15) is 0 Å². The van der Waals surface area contributed by atoms with Crippen LogP contribution in [0.25, 0.3) is 0 Å². The molecule has 0 atom stereocenters. The Morgan fingerprint density at radius 1 is 1.33 bits per heavy atom. The quantitative estimate of drug-likeness (QED) is 0.696. The molecule has 0 saturated heterocycles. The maximum atomic E-state index is 10.2. The van der Waals surface area contributed by atoms with Crippen LogP contribution in [0.3, 0.4) is 0 Å². The lowest BCUT2D eigenvalue weighted by Crippen LogP contribution is -1.93. The summed E-state index contributed by atoms with van der Waals surface area (Å²) in [5, 5.41) is 0. The third-order valence-electron chi connectivity index (χ3n) is 1.20. The van der Waals surface area contributed by atoms with E-state index in [0.29, 0.717) is 0 Å². The molecule has 4 heteroatoms. The van der Waals surface area contributed by atoms with Crippen molar-refractivity contribution in [3.05, 3.63) is 35.9 Å². The fourth-order valence-corrected chi connectivity index (χ4v) is 0.769. The van der Waals surface area contributed by atoms with E-state index in [-0.39, 0.29) is 19.0 Å². The molecule has 66 valence electrons. The highest BCUT2D eigenvalue weighted by Gasteiger charge is 1.95. The number of hydrogen-bond acceptors (Lipinski definition) is 2. The van der Waals surface area contributed by atoms with Crippen molar-refractivity contribution in [3.8, 4) is 0 Å². The molecule has 0 radical (unpaired) electrons. The first-order valence-electron chi connectivity index (χ1n) is 3.15. The third-order valence-corrected chi connectivity index (χ3v) is 1.30. The second-order valence-corrected chi connectivity index (χ2v) is 2.32. The van der Waals surface area contributed by atoms with Crippen LogP contribution in [0.5, 0.6) is 0 Å². The van der Waals surface area contributed by atoms with Crippen molar-refractivity contribution in [2.75, 3.05) is 0 Å². The average molecular weight is 207 g/mol. The molecule has 0 amide bonds. The number of hydrogen-bond donors (Lipinski definition) is 0. The largest absolute Gasteiger partial charge is 0.449 e. The minimum Gasteiger partial charge on any atom is -0.449 e. The zero-order valence-electron chi connectivity index (χ0n) is 6.20. The molecule has 0 fully saturated rings. The topological polar surface area (TPSA) is 26.3 Å². The van der Waals surface area contributed by atoms with Crippen LogP contribution in [-0.2, 0) is 11.3 Å². The fourth-order valence-electron chi connectivity index (χ4n) is 0.714. The number of ether oxygens (including phenoxy) is 1. The second kappa shape index (κ2) is 5.86. The SMILES string of the molecule is Cl.O=C(Cl)OCc1ccccc1. The van der Waals surface area contributed by atoms with Crippen molar-refractivity contribution in [3.63, 3.8) is 0 Å². The third kappa shape index (κ3) is 4.21. The van der Waals surface area contributed by atoms with Gasteiger partial charge in [-0.3, -0.25) is 0 Å². The van der Waals surface area contributed by atoms with E-state index in [4.69, 9.17) is 11.6 Å². The summed E-state index contributed by atoms with van der Waals surface area (Å²) in [7, 11) is 0. The molecular weight excluding hydrogens is 199 g/mol. The van der Waals surface area contributed by atoms with E-state index in [1.165, 1.54) is 0 Å². The lowest BCUT2D eigenvalue weighted by molar-refractivity contribution is 0.167. The summed E-state index contributed by atoms with van der Waals surface area (Å²) in [6.07, 6.45) is 0. The summed E-state index contributed by atoms with van der Waals surface area (Å²) in [4.78, 5) is 10.2. The van der Waals surface area contributed by atoms with Crippen LogP contribution >= 0.6 is 24.0 Å². The predicted molar refractivity (Wildman–Crippen MR) is 49.7 cm³/mol. The standard InChI is InChI=1S/C8H7ClO2.ClH/c9-8(10)11-6-7-4-2-1-3-5-7;/h1-5H,6H2;1H. The van der Waals surface area contributed by atoms with Crippen LogP contribution < -0.4 is 0 Å². The molecule has 0 aliphatic carbocycles. The Hall–Kier alpha value is -0.730. The van der Waals surface area contributed by atoms with E-state index in [1.54, 1.807) is 0 Å². The number of carbonyl (C=O) groups is 1. The molecule has 0 bridgehead atoms. The molecule has 1 rings (SSSR count). The summed E-state index contributed by atoms with van der Waals surface area (Å²) in [6, 6.07) is 9.36. The van der Waals surface area contributed by atoms with Gasteiger partial charge in [0.15, 0.2) is 0 Å². The van der Waals surface area contributed by atoms with Crippen LogP contribution in [0.1, 0.15) is 5.56 Å². The fraction of sp³-hybridized carbons (Fsp3) is 0.125. The molecule has 0 unspecified atom stereocenters. The first-order valence-corrected chi connectivity index (χ1v) is 3.53. The normalized spacial score (nSPS) is 8.42. The van der Waals surface area contributed by atoms with E-state index in [9.17, 15) is 4.79 Å². The van der Waals surface area contributed by atoms with Gasteiger partial charge in [0.05, 0.1) is 0 Å². The van der Waals surface area contributed by atoms with Crippen LogP contribution in [0.15, 0.2) is 30.3 Å². The molecule has 0 spiro atoms. The maximum absolute atomic E-state index is 10.2. The zero-order chi connectivity index (χ0) is 8.10. The van der Waals surface area contributed by atoms with Crippen molar-refractivity contribution in [1.82, 2.24) is 0 Å². The lowest BCUT2D eigenvalue weighted by atomic mass is 10.2. The van der Waals surface area contributed by atoms with Crippen LogP contribution in [0.2, 0.25) is 0 Å².